The fraction of sp³-hybridized carbons (Fsp3) is 0.375. The van der Waals surface area contributed by atoms with Crippen molar-refractivity contribution in [3.05, 3.63) is 41.8 Å². The number of nitrogens with one attached hydrogen (secondary N) is 1. The molecule has 2 aromatic rings. The second-order valence-corrected chi connectivity index (χ2v) is 5.89. The van der Waals surface area contributed by atoms with Gasteiger partial charge in [0.25, 0.3) is 0 Å². The van der Waals surface area contributed by atoms with Crippen molar-refractivity contribution in [2.75, 3.05) is 0 Å². The van der Waals surface area contributed by atoms with E-state index in [1.807, 2.05) is 0 Å². The van der Waals surface area contributed by atoms with Crippen molar-refractivity contribution in [3.8, 4) is 11.3 Å². The maximum absolute atomic E-state index is 13.8. The molecule has 1 heterocycles. The summed E-state index contributed by atoms with van der Waals surface area (Å²) in [6.07, 6.45) is 3.66. The van der Waals surface area contributed by atoms with E-state index in [-0.39, 0.29) is 11.7 Å². The van der Waals surface area contributed by atoms with Crippen LogP contribution in [0.3, 0.4) is 0 Å². The molecule has 1 aromatic heterocycles. The Morgan fingerprint density at radius 1 is 1.33 bits per heavy atom. The van der Waals surface area contributed by atoms with Crippen LogP contribution in [0.5, 0.6) is 0 Å². The molecule has 2 saturated carbocycles. The van der Waals surface area contributed by atoms with Crippen molar-refractivity contribution in [1.82, 2.24) is 10.5 Å². The third-order valence-electron chi connectivity index (χ3n) is 4.24. The van der Waals surface area contributed by atoms with Crippen molar-refractivity contribution < 1.29 is 13.7 Å². The normalized spacial score (nSPS) is 19.3. The fourth-order valence-electron chi connectivity index (χ4n) is 2.56. The first-order valence-corrected chi connectivity index (χ1v) is 7.22. The van der Waals surface area contributed by atoms with Gasteiger partial charge in [-0.15, -0.1) is 0 Å². The summed E-state index contributed by atoms with van der Waals surface area (Å²) in [5.74, 6) is 0.0412. The molecule has 2 aliphatic rings. The van der Waals surface area contributed by atoms with E-state index < -0.39 is 5.41 Å². The lowest BCUT2D eigenvalue weighted by molar-refractivity contribution is -0.123. The summed E-state index contributed by atoms with van der Waals surface area (Å²) in [5, 5.41) is 7.03. The van der Waals surface area contributed by atoms with Crippen LogP contribution in [-0.2, 0) is 10.2 Å². The van der Waals surface area contributed by atoms with Gasteiger partial charge in [-0.05, 0) is 37.8 Å². The number of aromatic nitrogens is 1. The Labute approximate surface area is 121 Å². The molecule has 5 heteroatoms. The smallest absolute Gasteiger partial charge is 0.232 e. The molecule has 0 unspecified atom stereocenters. The summed E-state index contributed by atoms with van der Waals surface area (Å²) in [4.78, 5) is 12.3. The summed E-state index contributed by atoms with van der Waals surface area (Å²) in [7, 11) is 0. The third-order valence-corrected chi connectivity index (χ3v) is 4.24. The first kappa shape index (κ1) is 12.6. The summed E-state index contributed by atoms with van der Waals surface area (Å²) >= 11 is 0. The molecular weight excluding hydrogens is 271 g/mol. The van der Waals surface area contributed by atoms with Gasteiger partial charge in [0.15, 0.2) is 5.76 Å². The second kappa shape index (κ2) is 4.41. The fourth-order valence-corrected chi connectivity index (χ4v) is 2.56. The Balaban J connectivity index is 1.62. The van der Waals surface area contributed by atoms with Crippen LogP contribution in [0.2, 0.25) is 0 Å². The standard InChI is InChI=1S/C16H15FN2O2/c17-12-4-2-1-3-11(12)13-9-14(19-21-13)16(7-8-16)15(20)18-10-5-6-10/h1-4,9-10H,5-8H2,(H,18,20). The molecule has 0 saturated heterocycles. The predicted octanol–water partition coefficient (Wildman–Crippen LogP) is 2.79. The summed E-state index contributed by atoms with van der Waals surface area (Å²) in [5.41, 5.74) is 0.420. The van der Waals surface area contributed by atoms with Crippen LogP contribution < -0.4 is 5.32 Å². The molecule has 2 fully saturated rings. The lowest BCUT2D eigenvalue weighted by Crippen LogP contribution is -2.36. The number of halogens is 1. The van der Waals surface area contributed by atoms with Gasteiger partial charge in [0.1, 0.15) is 5.82 Å². The van der Waals surface area contributed by atoms with E-state index in [0.29, 0.717) is 23.1 Å². The van der Waals surface area contributed by atoms with Crippen molar-refractivity contribution in [2.45, 2.75) is 37.1 Å². The highest BCUT2D eigenvalue weighted by Crippen LogP contribution is 2.49. The molecule has 108 valence electrons. The number of carbonyl (C=O) groups is 1. The number of hydrogen-bond acceptors (Lipinski definition) is 3. The number of carbonyl (C=O) groups excluding carboxylic acids is 1. The zero-order chi connectivity index (χ0) is 14.4. The quantitative estimate of drug-likeness (QED) is 0.940. The van der Waals surface area contributed by atoms with Gasteiger partial charge in [-0.25, -0.2) is 4.39 Å². The van der Waals surface area contributed by atoms with Gasteiger partial charge >= 0.3 is 0 Å². The molecule has 2 aliphatic carbocycles. The van der Waals surface area contributed by atoms with Gasteiger partial charge in [0, 0.05) is 12.1 Å². The molecule has 4 nitrogen and oxygen atoms in total. The molecule has 0 aliphatic heterocycles. The highest BCUT2D eigenvalue weighted by atomic mass is 19.1. The monoisotopic (exact) mass is 286 g/mol. The SMILES string of the molecule is O=C(NC1CC1)C1(c2cc(-c3ccccc3F)on2)CC1. The maximum atomic E-state index is 13.8. The van der Waals surface area contributed by atoms with E-state index >= 15 is 0 Å². The average Bonchev–Trinajstić information content (AvgIpc) is 3.40. The number of benzene rings is 1. The second-order valence-electron chi connectivity index (χ2n) is 5.89. The van der Waals surface area contributed by atoms with Crippen molar-refractivity contribution in [1.29, 1.82) is 0 Å². The number of amides is 1. The highest BCUT2D eigenvalue weighted by Gasteiger charge is 2.54. The third kappa shape index (κ3) is 2.13. The van der Waals surface area contributed by atoms with Crippen molar-refractivity contribution >= 4 is 5.91 Å². The predicted molar refractivity (Wildman–Crippen MR) is 74.0 cm³/mol. The van der Waals surface area contributed by atoms with E-state index in [1.165, 1.54) is 6.07 Å². The largest absolute Gasteiger partial charge is 0.356 e. The molecule has 21 heavy (non-hydrogen) atoms. The van der Waals surface area contributed by atoms with Crippen LogP contribution in [0.15, 0.2) is 34.9 Å². The van der Waals surface area contributed by atoms with Crippen LogP contribution in [0.4, 0.5) is 4.39 Å². The first-order chi connectivity index (χ1) is 10.2. The van der Waals surface area contributed by atoms with Crippen molar-refractivity contribution in [2.24, 2.45) is 0 Å². The molecule has 0 atom stereocenters. The molecule has 1 amide bonds. The molecular formula is C16H15FN2O2. The van der Waals surface area contributed by atoms with E-state index in [9.17, 15) is 9.18 Å². The van der Waals surface area contributed by atoms with Crippen LogP contribution in [0, 0.1) is 5.82 Å². The summed E-state index contributed by atoms with van der Waals surface area (Å²) < 4.78 is 19.0. The maximum Gasteiger partial charge on any atom is 0.232 e. The van der Waals surface area contributed by atoms with Crippen LogP contribution in [0.1, 0.15) is 31.4 Å². The lowest BCUT2D eigenvalue weighted by Gasteiger charge is -2.11. The molecule has 0 radical (unpaired) electrons. The summed E-state index contributed by atoms with van der Waals surface area (Å²) in [6.45, 7) is 0. The van der Waals surface area contributed by atoms with Crippen LogP contribution >= 0.6 is 0 Å². The van der Waals surface area contributed by atoms with Crippen LogP contribution in [-0.4, -0.2) is 17.1 Å². The average molecular weight is 286 g/mol. The number of rotatable bonds is 4. The molecule has 1 N–H and O–H groups in total. The highest BCUT2D eigenvalue weighted by molar-refractivity contribution is 5.91. The van der Waals surface area contributed by atoms with Crippen LogP contribution in [0.25, 0.3) is 11.3 Å². The molecule has 0 bridgehead atoms. The first-order valence-electron chi connectivity index (χ1n) is 7.22. The summed E-state index contributed by atoms with van der Waals surface area (Å²) in [6, 6.07) is 8.41. The zero-order valence-corrected chi connectivity index (χ0v) is 11.4. The van der Waals surface area contributed by atoms with E-state index in [1.54, 1.807) is 24.3 Å². The Morgan fingerprint density at radius 2 is 2.10 bits per heavy atom. The molecule has 1 aromatic carbocycles. The Morgan fingerprint density at radius 3 is 2.76 bits per heavy atom. The molecule has 4 rings (SSSR count). The Bertz CT molecular complexity index is 702. The minimum atomic E-state index is -0.560. The van der Waals surface area contributed by atoms with E-state index in [0.717, 1.165) is 25.7 Å². The number of nitrogens with zero attached hydrogens (tertiary/aromatic N) is 1. The minimum absolute atomic E-state index is 0.0263. The van der Waals surface area contributed by atoms with Gasteiger partial charge in [-0.3, -0.25) is 4.79 Å². The topological polar surface area (TPSA) is 55.1 Å². The zero-order valence-electron chi connectivity index (χ0n) is 11.4. The minimum Gasteiger partial charge on any atom is -0.356 e. The van der Waals surface area contributed by atoms with Crippen molar-refractivity contribution in [3.63, 3.8) is 0 Å². The Hall–Kier alpha value is -2.17. The van der Waals surface area contributed by atoms with Gasteiger partial charge in [0.05, 0.1) is 16.7 Å². The van der Waals surface area contributed by atoms with Gasteiger partial charge in [-0.2, -0.15) is 0 Å². The van der Waals surface area contributed by atoms with Gasteiger partial charge in [-0.1, -0.05) is 17.3 Å². The Kier molecular flexibility index (Phi) is 2.64. The number of hydrogen-bond donors (Lipinski definition) is 1. The van der Waals surface area contributed by atoms with Gasteiger partial charge in [0.2, 0.25) is 5.91 Å². The molecule has 0 spiro atoms. The lowest BCUT2D eigenvalue weighted by atomic mass is 10.00. The van der Waals surface area contributed by atoms with E-state index in [4.69, 9.17) is 4.52 Å². The van der Waals surface area contributed by atoms with E-state index in [2.05, 4.69) is 10.5 Å². The van der Waals surface area contributed by atoms with Gasteiger partial charge < -0.3 is 9.84 Å².